The number of carbonyl (C=O) groups excluding carboxylic acids is 1. The van der Waals surface area contributed by atoms with E-state index in [0.717, 1.165) is 32.2 Å². The number of carbonyl (C=O) groups is 2. The molecule has 1 heterocycles. The van der Waals surface area contributed by atoms with Crippen molar-refractivity contribution in [1.29, 1.82) is 0 Å². The van der Waals surface area contributed by atoms with Crippen LogP contribution in [0.3, 0.4) is 0 Å². The van der Waals surface area contributed by atoms with Gasteiger partial charge in [-0.25, -0.2) is 4.79 Å². The molecule has 29 heavy (non-hydrogen) atoms. The second kappa shape index (κ2) is 7.63. The van der Waals surface area contributed by atoms with Crippen molar-refractivity contribution in [3.05, 3.63) is 35.9 Å². The molecule has 0 unspecified atom stereocenters. The van der Waals surface area contributed by atoms with E-state index >= 15 is 0 Å². The van der Waals surface area contributed by atoms with Gasteiger partial charge in [-0.1, -0.05) is 36.8 Å². The van der Waals surface area contributed by atoms with Gasteiger partial charge in [0.1, 0.15) is 6.54 Å². The van der Waals surface area contributed by atoms with Crippen molar-refractivity contribution in [3.8, 4) is 0 Å². The quantitative estimate of drug-likeness (QED) is 0.797. The summed E-state index contributed by atoms with van der Waals surface area (Å²) in [5.41, 5.74) is 1.08. The topological polar surface area (TPSA) is 64.1 Å². The fourth-order valence-corrected chi connectivity index (χ4v) is 5.67. The number of carboxylic acids is 1. The Kier molecular flexibility index (Phi) is 5.32. The molecule has 6 nitrogen and oxygen atoms in total. The Morgan fingerprint density at radius 3 is 2.31 bits per heavy atom. The molecule has 0 aromatic heterocycles. The Labute approximate surface area is 173 Å². The maximum atomic E-state index is 13.1. The molecule has 0 radical (unpaired) electrons. The van der Waals surface area contributed by atoms with Gasteiger partial charge in [-0.15, -0.1) is 0 Å². The molecule has 6 heteroatoms. The first kappa shape index (κ1) is 20.2. The van der Waals surface area contributed by atoms with Gasteiger partial charge in [0, 0.05) is 18.6 Å². The Morgan fingerprint density at radius 1 is 1.14 bits per heavy atom. The van der Waals surface area contributed by atoms with Crippen molar-refractivity contribution in [2.45, 2.75) is 56.0 Å². The maximum absolute atomic E-state index is 13.1. The molecule has 158 valence electrons. The minimum absolute atomic E-state index is 0.0298. The Morgan fingerprint density at radius 2 is 1.79 bits per heavy atom. The second-order valence-electron chi connectivity index (χ2n) is 9.46. The molecule has 1 aliphatic heterocycles. The normalized spacial score (nSPS) is 30.2. The molecular formula is C23H33N3O3. The Balaban J connectivity index is 1.59. The van der Waals surface area contributed by atoms with E-state index in [1.165, 1.54) is 24.8 Å². The van der Waals surface area contributed by atoms with Crippen LogP contribution in [0.1, 0.15) is 50.5 Å². The van der Waals surface area contributed by atoms with Crippen molar-refractivity contribution >= 4 is 12.0 Å². The molecule has 2 aliphatic carbocycles. The van der Waals surface area contributed by atoms with E-state index in [1.807, 2.05) is 0 Å². The minimum atomic E-state index is -0.929. The fourth-order valence-electron chi connectivity index (χ4n) is 5.67. The number of urea groups is 1. The number of amides is 2. The number of hydrogen-bond donors (Lipinski definition) is 1. The van der Waals surface area contributed by atoms with Crippen LogP contribution in [0.5, 0.6) is 0 Å². The van der Waals surface area contributed by atoms with Gasteiger partial charge in [-0.2, -0.15) is 0 Å². The summed E-state index contributed by atoms with van der Waals surface area (Å²) in [6.45, 7) is 1.14. The summed E-state index contributed by atoms with van der Waals surface area (Å²) in [7, 11) is 4.29. The summed E-state index contributed by atoms with van der Waals surface area (Å²) < 4.78 is 0. The summed E-state index contributed by atoms with van der Waals surface area (Å²) in [5.74, 6) is -0.350. The molecule has 1 saturated heterocycles. The number of nitrogens with zero attached hydrogens (tertiary/aromatic N) is 3. The first-order chi connectivity index (χ1) is 13.9. The molecule has 1 aromatic rings. The Hall–Kier alpha value is -2.08. The smallest absolute Gasteiger partial charge is 0.323 e. The first-order valence-corrected chi connectivity index (χ1v) is 10.9. The predicted molar refractivity (Wildman–Crippen MR) is 112 cm³/mol. The third-order valence-electron chi connectivity index (χ3n) is 7.73. The zero-order chi connectivity index (χ0) is 20.6. The highest BCUT2D eigenvalue weighted by molar-refractivity contribution is 5.83. The van der Waals surface area contributed by atoms with E-state index < -0.39 is 5.97 Å². The van der Waals surface area contributed by atoms with E-state index in [1.54, 1.807) is 4.90 Å². The van der Waals surface area contributed by atoms with E-state index in [9.17, 15) is 14.7 Å². The van der Waals surface area contributed by atoms with Crippen LogP contribution in [-0.4, -0.2) is 71.1 Å². The summed E-state index contributed by atoms with van der Waals surface area (Å²) in [4.78, 5) is 30.4. The monoisotopic (exact) mass is 399 g/mol. The molecule has 3 aliphatic rings. The molecule has 0 bridgehead atoms. The van der Waals surface area contributed by atoms with E-state index in [-0.39, 0.29) is 23.7 Å². The van der Waals surface area contributed by atoms with Crippen molar-refractivity contribution in [1.82, 2.24) is 14.7 Å². The number of carboxylic acid groups (broad SMARTS) is 1. The SMILES string of the molecule is CN(C)[C@]1(c2ccccc2)CC[C@@]2(CC1)CN(CC(=O)O)C(=O)N2CC1CCC1. The van der Waals surface area contributed by atoms with Crippen molar-refractivity contribution < 1.29 is 14.7 Å². The first-order valence-electron chi connectivity index (χ1n) is 10.9. The van der Waals surface area contributed by atoms with Gasteiger partial charge in [0.05, 0.1) is 5.54 Å². The molecule has 2 amide bonds. The Bertz CT molecular complexity index is 752. The average Bonchev–Trinajstić information content (AvgIpc) is 2.90. The summed E-state index contributed by atoms with van der Waals surface area (Å²) in [6, 6.07) is 10.6. The predicted octanol–water partition coefficient (Wildman–Crippen LogP) is 3.38. The second-order valence-corrected chi connectivity index (χ2v) is 9.46. The highest BCUT2D eigenvalue weighted by Crippen LogP contribution is 2.49. The molecule has 4 rings (SSSR count). The lowest BCUT2D eigenvalue weighted by atomic mass is 9.68. The largest absolute Gasteiger partial charge is 0.480 e. The molecule has 2 saturated carbocycles. The van der Waals surface area contributed by atoms with Gasteiger partial charge in [-0.05, 0) is 64.1 Å². The molecule has 1 spiro atoms. The van der Waals surface area contributed by atoms with Crippen molar-refractivity contribution in [3.63, 3.8) is 0 Å². The average molecular weight is 400 g/mol. The van der Waals surface area contributed by atoms with Crippen LogP contribution in [0.25, 0.3) is 0 Å². The number of hydrogen-bond acceptors (Lipinski definition) is 3. The molecule has 1 aromatic carbocycles. The van der Waals surface area contributed by atoms with Crippen molar-refractivity contribution in [2.75, 3.05) is 33.7 Å². The lowest BCUT2D eigenvalue weighted by molar-refractivity contribution is -0.137. The molecule has 0 atom stereocenters. The van der Waals surface area contributed by atoms with Gasteiger partial charge < -0.3 is 14.9 Å². The number of benzene rings is 1. The van der Waals surface area contributed by atoms with Gasteiger partial charge in [-0.3, -0.25) is 9.69 Å². The van der Waals surface area contributed by atoms with Gasteiger partial charge in [0.25, 0.3) is 0 Å². The third kappa shape index (κ3) is 3.52. The minimum Gasteiger partial charge on any atom is -0.480 e. The number of aliphatic carboxylic acids is 1. The molecule has 1 N–H and O–H groups in total. The fraction of sp³-hybridized carbons (Fsp3) is 0.652. The lowest BCUT2D eigenvalue weighted by Crippen LogP contribution is -2.56. The van der Waals surface area contributed by atoms with Gasteiger partial charge >= 0.3 is 12.0 Å². The molecule has 3 fully saturated rings. The standard InChI is InChI=1S/C23H33N3O3/c1-24(2)23(19-9-4-3-5-10-19)13-11-22(12-14-23)17-25(16-20(27)28)21(29)26(22)15-18-7-6-8-18/h3-5,9-10,18H,6-8,11-17H2,1-2H3,(H,27,28)/t22-,23-. The van der Waals surface area contributed by atoms with Gasteiger partial charge in [0.2, 0.25) is 0 Å². The van der Waals surface area contributed by atoms with Crippen LogP contribution in [0.2, 0.25) is 0 Å². The van der Waals surface area contributed by atoms with Crippen LogP contribution in [0.4, 0.5) is 4.79 Å². The van der Waals surface area contributed by atoms with Crippen LogP contribution < -0.4 is 0 Å². The van der Waals surface area contributed by atoms with E-state index in [2.05, 4.69) is 54.2 Å². The lowest BCUT2D eigenvalue weighted by Gasteiger charge is -2.51. The summed E-state index contributed by atoms with van der Waals surface area (Å²) >= 11 is 0. The van der Waals surface area contributed by atoms with Crippen molar-refractivity contribution in [2.24, 2.45) is 5.92 Å². The van der Waals surface area contributed by atoms with Gasteiger partial charge in [0.15, 0.2) is 0 Å². The molecular weight excluding hydrogens is 366 g/mol. The van der Waals surface area contributed by atoms with E-state index in [0.29, 0.717) is 12.5 Å². The summed E-state index contributed by atoms with van der Waals surface area (Å²) in [6.07, 6.45) is 7.38. The van der Waals surface area contributed by atoms with Crippen LogP contribution >= 0.6 is 0 Å². The van der Waals surface area contributed by atoms with Crippen LogP contribution in [0, 0.1) is 5.92 Å². The maximum Gasteiger partial charge on any atom is 0.323 e. The zero-order valence-corrected chi connectivity index (χ0v) is 17.6. The highest BCUT2D eigenvalue weighted by Gasteiger charge is 2.55. The summed E-state index contributed by atoms with van der Waals surface area (Å²) in [5, 5.41) is 9.29. The highest BCUT2D eigenvalue weighted by atomic mass is 16.4. The van der Waals surface area contributed by atoms with Crippen LogP contribution in [0.15, 0.2) is 30.3 Å². The van der Waals surface area contributed by atoms with Crippen LogP contribution in [-0.2, 0) is 10.3 Å². The third-order valence-corrected chi connectivity index (χ3v) is 7.73. The number of rotatable bonds is 6. The van der Waals surface area contributed by atoms with E-state index in [4.69, 9.17) is 0 Å². The zero-order valence-electron chi connectivity index (χ0n) is 17.6.